The third-order valence-electron chi connectivity index (χ3n) is 3.11. The van der Waals surface area contributed by atoms with E-state index in [1.807, 2.05) is 44.2 Å². The third-order valence-corrected chi connectivity index (χ3v) is 3.11. The van der Waals surface area contributed by atoms with Crippen molar-refractivity contribution in [2.75, 3.05) is 6.61 Å². The molecule has 0 aliphatic rings. The van der Waals surface area contributed by atoms with Gasteiger partial charge in [0.05, 0.1) is 13.0 Å². The molecule has 0 fully saturated rings. The average molecular weight is 293 g/mol. The first-order valence-electron chi connectivity index (χ1n) is 7.18. The topological polar surface area (TPSA) is 75.6 Å². The van der Waals surface area contributed by atoms with Crippen LogP contribution in [0.4, 0.5) is 0 Å². The van der Waals surface area contributed by atoms with Crippen LogP contribution in [-0.2, 0) is 9.59 Å². The van der Waals surface area contributed by atoms with Crippen LogP contribution < -0.4 is 10.1 Å². The summed E-state index contributed by atoms with van der Waals surface area (Å²) in [6.07, 6.45) is 0.873. The summed E-state index contributed by atoms with van der Waals surface area (Å²) < 4.78 is 5.50. The Kier molecular flexibility index (Phi) is 7.29. The number of benzene rings is 1. The second kappa shape index (κ2) is 9.00. The number of carbonyl (C=O) groups excluding carboxylic acids is 1. The van der Waals surface area contributed by atoms with Crippen LogP contribution in [0.1, 0.15) is 33.1 Å². The van der Waals surface area contributed by atoms with Crippen LogP contribution in [0.5, 0.6) is 5.75 Å². The van der Waals surface area contributed by atoms with E-state index >= 15 is 0 Å². The summed E-state index contributed by atoms with van der Waals surface area (Å²) in [5.41, 5.74) is 0. The quantitative estimate of drug-likeness (QED) is 0.686. The van der Waals surface area contributed by atoms with Gasteiger partial charge in [-0.05, 0) is 24.5 Å². The van der Waals surface area contributed by atoms with Crippen molar-refractivity contribution >= 4 is 11.9 Å². The number of hydrogen-bond acceptors (Lipinski definition) is 3. The minimum absolute atomic E-state index is 0.0517. The van der Waals surface area contributed by atoms with Gasteiger partial charge in [0, 0.05) is 12.5 Å². The molecule has 0 radical (unpaired) electrons. The van der Waals surface area contributed by atoms with Crippen molar-refractivity contribution in [2.45, 2.75) is 39.2 Å². The molecule has 1 aromatic rings. The Bertz CT molecular complexity index is 445. The number of nitrogens with one attached hydrogen (secondary N) is 1. The maximum atomic E-state index is 11.8. The fourth-order valence-corrected chi connectivity index (χ4v) is 1.86. The van der Waals surface area contributed by atoms with E-state index < -0.39 is 5.97 Å². The number of carbonyl (C=O) groups is 2. The first-order chi connectivity index (χ1) is 9.99. The van der Waals surface area contributed by atoms with E-state index in [0.717, 1.165) is 5.75 Å². The smallest absolute Gasteiger partial charge is 0.305 e. The van der Waals surface area contributed by atoms with E-state index in [-0.39, 0.29) is 24.3 Å². The molecule has 2 N–H and O–H groups in total. The van der Waals surface area contributed by atoms with Crippen molar-refractivity contribution in [3.63, 3.8) is 0 Å². The third kappa shape index (κ3) is 7.34. The molecular weight excluding hydrogens is 270 g/mol. The van der Waals surface area contributed by atoms with Crippen molar-refractivity contribution in [2.24, 2.45) is 5.92 Å². The van der Waals surface area contributed by atoms with Crippen LogP contribution in [-0.4, -0.2) is 29.6 Å². The molecule has 0 saturated heterocycles. The fourth-order valence-electron chi connectivity index (χ4n) is 1.86. The van der Waals surface area contributed by atoms with Gasteiger partial charge in [-0.1, -0.05) is 32.0 Å². The number of amides is 1. The fraction of sp³-hybridized carbons (Fsp3) is 0.500. The molecule has 0 saturated carbocycles. The highest BCUT2D eigenvalue weighted by atomic mass is 16.5. The summed E-state index contributed by atoms with van der Waals surface area (Å²) in [4.78, 5) is 22.5. The van der Waals surface area contributed by atoms with Crippen LogP contribution in [0.2, 0.25) is 0 Å². The van der Waals surface area contributed by atoms with Crippen LogP contribution in [0, 0.1) is 5.92 Å². The van der Waals surface area contributed by atoms with Crippen LogP contribution >= 0.6 is 0 Å². The Morgan fingerprint density at radius 2 is 1.90 bits per heavy atom. The van der Waals surface area contributed by atoms with Crippen LogP contribution in [0.15, 0.2) is 30.3 Å². The molecule has 1 amide bonds. The second-order valence-electron chi connectivity index (χ2n) is 5.28. The van der Waals surface area contributed by atoms with Gasteiger partial charge in [0.1, 0.15) is 5.75 Å². The lowest BCUT2D eigenvalue weighted by molar-refractivity contribution is -0.138. The molecule has 0 aromatic heterocycles. The SMILES string of the molecule is CC(C)C(CC(=O)O)NC(=O)CCCOc1ccccc1. The van der Waals surface area contributed by atoms with Gasteiger partial charge in [-0.15, -0.1) is 0 Å². The second-order valence-corrected chi connectivity index (χ2v) is 5.28. The van der Waals surface area contributed by atoms with Gasteiger partial charge in [-0.3, -0.25) is 9.59 Å². The van der Waals surface area contributed by atoms with E-state index in [9.17, 15) is 9.59 Å². The van der Waals surface area contributed by atoms with Crippen LogP contribution in [0.25, 0.3) is 0 Å². The molecule has 116 valence electrons. The predicted molar refractivity (Wildman–Crippen MR) is 80.2 cm³/mol. The first-order valence-corrected chi connectivity index (χ1v) is 7.18. The predicted octanol–water partition coefficient (Wildman–Crippen LogP) is 2.46. The molecule has 0 aliphatic carbocycles. The molecule has 0 bridgehead atoms. The maximum absolute atomic E-state index is 11.8. The molecule has 1 atom stereocenters. The Balaban J connectivity index is 2.25. The van der Waals surface area contributed by atoms with E-state index in [4.69, 9.17) is 9.84 Å². The number of hydrogen-bond donors (Lipinski definition) is 2. The Hall–Kier alpha value is -2.04. The maximum Gasteiger partial charge on any atom is 0.305 e. The van der Waals surface area contributed by atoms with Gasteiger partial charge in [-0.25, -0.2) is 0 Å². The van der Waals surface area contributed by atoms with E-state index in [1.54, 1.807) is 0 Å². The van der Waals surface area contributed by atoms with Gasteiger partial charge in [0.25, 0.3) is 0 Å². The number of rotatable bonds is 9. The number of carboxylic acids is 1. The minimum Gasteiger partial charge on any atom is -0.494 e. The summed E-state index contributed by atoms with van der Waals surface area (Å²) >= 11 is 0. The summed E-state index contributed by atoms with van der Waals surface area (Å²) in [6, 6.07) is 9.09. The van der Waals surface area contributed by atoms with Gasteiger partial charge < -0.3 is 15.2 Å². The van der Waals surface area contributed by atoms with Gasteiger partial charge >= 0.3 is 5.97 Å². The molecule has 0 aliphatic heterocycles. The highest BCUT2D eigenvalue weighted by Crippen LogP contribution is 2.09. The molecule has 0 heterocycles. The summed E-state index contributed by atoms with van der Waals surface area (Å²) in [5, 5.41) is 11.6. The molecule has 5 heteroatoms. The van der Waals surface area contributed by atoms with Gasteiger partial charge in [-0.2, -0.15) is 0 Å². The Morgan fingerprint density at radius 3 is 2.48 bits per heavy atom. The van der Waals surface area contributed by atoms with Crippen molar-refractivity contribution in [3.8, 4) is 5.75 Å². The standard InChI is InChI=1S/C16H23NO4/c1-12(2)14(11-16(19)20)17-15(18)9-6-10-21-13-7-4-3-5-8-13/h3-5,7-8,12,14H,6,9-11H2,1-2H3,(H,17,18)(H,19,20). The van der Waals surface area contributed by atoms with E-state index in [1.165, 1.54) is 0 Å². The highest BCUT2D eigenvalue weighted by molar-refractivity contribution is 5.77. The van der Waals surface area contributed by atoms with E-state index in [2.05, 4.69) is 5.32 Å². The monoisotopic (exact) mass is 293 g/mol. The lowest BCUT2D eigenvalue weighted by atomic mass is 10.0. The molecule has 1 unspecified atom stereocenters. The normalized spacial score (nSPS) is 12.0. The Labute approximate surface area is 125 Å². The lowest BCUT2D eigenvalue weighted by Gasteiger charge is -2.20. The average Bonchev–Trinajstić information content (AvgIpc) is 2.43. The van der Waals surface area contributed by atoms with Crippen molar-refractivity contribution in [1.82, 2.24) is 5.32 Å². The summed E-state index contributed by atoms with van der Waals surface area (Å²) in [6.45, 7) is 4.25. The number of para-hydroxylation sites is 1. The summed E-state index contributed by atoms with van der Waals surface area (Å²) in [7, 11) is 0. The summed E-state index contributed by atoms with van der Waals surface area (Å²) in [5.74, 6) is -0.164. The minimum atomic E-state index is -0.901. The molecule has 1 rings (SSSR count). The van der Waals surface area contributed by atoms with Crippen LogP contribution in [0.3, 0.4) is 0 Å². The van der Waals surface area contributed by atoms with Gasteiger partial charge in [0.15, 0.2) is 0 Å². The largest absolute Gasteiger partial charge is 0.494 e. The van der Waals surface area contributed by atoms with Crippen molar-refractivity contribution < 1.29 is 19.4 Å². The lowest BCUT2D eigenvalue weighted by Crippen LogP contribution is -2.40. The number of carboxylic acid groups (broad SMARTS) is 1. The first kappa shape index (κ1) is 17.0. The number of aliphatic carboxylic acids is 1. The van der Waals surface area contributed by atoms with E-state index in [0.29, 0.717) is 19.4 Å². The zero-order chi connectivity index (χ0) is 15.7. The molecule has 0 spiro atoms. The van der Waals surface area contributed by atoms with Gasteiger partial charge in [0.2, 0.25) is 5.91 Å². The van der Waals surface area contributed by atoms with Crippen molar-refractivity contribution in [3.05, 3.63) is 30.3 Å². The Morgan fingerprint density at radius 1 is 1.24 bits per heavy atom. The molecule has 1 aromatic carbocycles. The van der Waals surface area contributed by atoms with Crippen molar-refractivity contribution in [1.29, 1.82) is 0 Å². The zero-order valence-electron chi connectivity index (χ0n) is 12.5. The molecule has 21 heavy (non-hydrogen) atoms. The molecule has 5 nitrogen and oxygen atoms in total. The zero-order valence-corrected chi connectivity index (χ0v) is 12.5. The highest BCUT2D eigenvalue weighted by Gasteiger charge is 2.18. The number of ether oxygens (including phenoxy) is 1. The molecular formula is C16H23NO4.